The van der Waals surface area contributed by atoms with Crippen molar-refractivity contribution in [3.63, 3.8) is 0 Å². The molecule has 0 radical (unpaired) electrons. The highest BCUT2D eigenvalue weighted by molar-refractivity contribution is 7.88. The van der Waals surface area contributed by atoms with Crippen molar-refractivity contribution < 1.29 is 17.7 Å². The van der Waals surface area contributed by atoms with Gasteiger partial charge in [0.15, 0.2) is 5.82 Å². The van der Waals surface area contributed by atoms with Crippen LogP contribution in [0.2, 0.25) is 0 Å². The van der Waals surface area contributed by atoms with Crippen molar-refractivity contribution in [3.8, 4) is 0 Å². The Kier molecular flexibility index (Phi) is 4.50. The third-order valence-electron chi connectivity index (χ3n) is 4.97. The number of carbonyl (C=O) groups is 1. The van der Waals surface area contributed by atoms with Crippen molar-refractivity contribution in [2.45, 2.75) is 44.2 Å². The van der Waals surface area contributed by atoms with Gasteiger partial charge in [0.1, 0.15) is 11.9 Å². The van der Waals surface area contributed by atoms with E-state index in [2.05, 4.69) is 15.2 Å². The average Bonchev–Trinajstić information content (AvgIpc) is 3.20. The zero-order chi connectivity index (χ0) is 19.2. The fourth-order valence-electron chi connectivity index (χ4n) is 3.41. The maximum atomic E-state index is 13.1. The van der Waals surface area contributed by atoms with Gasteiger partial charge in [-0.3, -0.25) is 14.4 Å². The normalized spacial score (nSPS) is 21.2. The Labute approximate surface area is 157 Å². The topological polar surface area (TPSA) is 114 Å². The minimum Gasteiger partial charge on any atom is -0.338 e. The Balaban J connectivity index is 1.59. The molecule has 146 valence electrons. The highest BCUT2D eigenvalue weighted by Gasteiger charge is 2.40. The first-order valence-corrected chi connectivity index (χ1v) is 10.8. The summed E-state index contributed by atoms with van der Waals surface area (Å²) in [6.45, 7) is 0.424. The summed E-state index contributed by atoms with van der Waals surface area (Å²) in [6.07, 6.45) is 5.89. The molecule has 1 aliphatic carbocycles. The summed E-state index contributed by atoms with van der Waals surface area (Å²) in [7, 11) is -1.91. The van der Waals surface area contributed by atoms with Gasteiger partial charge in [0, 0.05) is 25.6 Å². The minimum absolute atomic E-state index is 0.103. The van der Waals surface area contributed by atoms with Crippen molar-refractivity contribution in [3.05, 3.63) is 24.0 Å². The zero-order valence-corrected chi connectivity index (χ0v) is 16.1. The number of rotatable bonds is 6. The van der Waals surface area contributed by atoms with Crippen LogP contribution in [-0.2, 0) is 28.4 Å². The standard InChI is InChI=1S/C16H22N6O4S/c1-20-14(7-8-17-20)21-9-3-4-12(16(21)23)22(27(2,24)25)10-13-18-15(19-26-13)11-5-6-11/h7-8,11-12H,3-6,9-10H2,1-2H3. The lowest BCUT2D eigenvalue weighted by Gasteiger charge is -2.36. The Hall–Kier alpha value is -2.27. The molecule has 10 nitrogen and oxygen atoms in total. The molecule has 0 bridgehead atoms. The summed E-state index contributed by atoms with van der Waals surface area (Å²) < 4.78 is 32.9. The number of amides is 1. The van der Waals surface area contributed by atoms with Crippen LogP contribution in [0.4, 0.5) is 5.82 Å². The molecule has 2 aliphatic rings. The molecule has 1 aliphatic heterocycles. The molecule has 1 amide bonds. The molecule has 27 heavy (non-hydrogen) atoms. The lowest BCUT2D eigenvalue weighted by molar-refractivity contribution is -0.123. The SMILES string of the molecule is Cn1nccc1N1CCCC(N(Cc2nc(C3CC3)no2)S(C)(=O)=O)C1=O. The molecule has 11 heteroatoms. The molecule has 0 N–H and O–H groups in total. The van der Waals surface area contributed by atoms with Crippen molar-refractivity contribution in [2.75, 3.05) is 17.7 Å². The van der Waals surface area contributed by atoms with E-state index >= 15 is 0 Å². The van der Waals surface area contributed by atoms with Crippen LogP contribution in [0.3, 0.4) is 0 Å². The van der Waals surface area contributed by atoms with E-state index in [0.29, 0.717) is 36.9 Å². The van der Waals surface area contributed by atoms with Crippen LogP contribution >= 0.6 is 0 Å². The number of hydrogen-bond acceptors (Lipinski definition) is 7. The van der Waals surface area contributed by atoms with E-state index in [-0.39, 0.29) is 18.3 Å². The number of sulfonamides is 1. The predicted molar refractivity (Wildman–Crippen MR) is 95.2 cm³/mol. The number of nitrogens with zero attached hydrogens (tertiary/aromatic N) is 6. The van der Waals surface area contributed by atoms with Crippen molar-refractivity contribution in [1.82, 2.24) is 24.2 Å². The summed E-state index contributed by atoms with van der Waals surface area (Å²) >= 11 is 0. The smallest absolute Gasteiger partial charge is 0.246 e. The number of piperidine rings is 1. The summed E-state index contributed by atoms with van der Waals surface area (Å²) in [5, 5.41) is 8.03. The Morgan fingerprint density at radius 3 is 2.74 bits per heavy atom. The summed E-state index contributed by atoms with van der Waals surface area (Å²) in [6, 6.07) is 0.935. The molecule has 1 saturated carbocycles. The van der Waals surface area contributed by atoms with E-state index < -0.39 is 16.1 Å². The quantitative estimate of drug-likeness (QED) is 0.706. The van der Waals surface area contributed by atoms with Crippen LogP contribution in [0.15, 0.2) is 16.8 Å². The Bertz CT molecular complexity index is 948. The largest absolute Gasteiger partial charge is 0.338 e. The van der Waals surface area contributed by atoms with E-state index in [0.717, 1.165) is 19.1 Å². The van der Waals surface area contributed by atoms with Gasteiger partial charge in [0.05, 0.1) is 19.0 Å². The molecule has 1 atom stereocenters. The molecule has 0 aromatic carbocycles. The lowest BCUT2D eigenvalue weighted by atomic mass is 10.0. The first-order chi connectivity index (χ1) is 12.8. The molecule has 2 aromatic heterocycles. The molecular weight excluding hydrogens is 372 g/mol. The van der Waals surface area contributed by atoms with Crippen LogP contribution in [0, 0.1) is 0 Å². The second-order valence-corrected chi connectivity index (χ2v) is 9.02. The van der Waals surface area contributed by atoms with Gasteiger partial charge in [0.25, 0.3) is 0 Å². The summed E-state index contributed by atoms with van der Waals surface area (Å²) in [5.41, 5.74) is 0. The first kappa shape index (κ1) is 18.1. The molecule has 0 spiro atoms. The van der Waals surface area contributed by atoms with Crippen LogP contribution in [0.1, 0.15) is 43.3 Å². The van der Waals surface area contributed by atoms with E-state index in [1.54, 1.807) is 28.9 Å². The van der Waals surface area contributed by atoms with Crippen LogP contribution in [0.25, 0.3) is 0 Å². The third kappa shape index (κ3) is 3.61. The van der Waals surface area contributed by atoms with Crippen molar-refractivity contribution >= 4 is 21.7 Å². The maximum absolute atomic E-state index is 13.1. The van der Waals surface area contributed by atoms with Crippen molar-refractivity contribution in [1.29, 1.82) is 0 Å². The molecule has 1 unspecified atom stereocenters. The van der Waals surface area contributed by atoms with Crippen molar-refractivity contribution in [2.24, 2.45) is 7.05 Å². The molecule has 2 aromatic rings. The fraction of sp³-hybridized carbons (Fsp3) is 0.625. The summed E-state index contributed by atoms with van der Waals surface area (Å²) in [5.74, 6) is 1.52. The van der Waals surface area contributed by atoms with Gasteiger partial charge in [0.2, 0.25) is 21.8 Å². The van der Waals surface area contributed by atoms with Crippen LogP contribution in [0.5, 0.6) is 0 Å². The zero-order valence-electron chi connectivity index (χ0n) is 15.3. The van der Waals surface area contributed by atoms with E-state index in [1.807, 2.05) is 0 Å². The fourth-order valence-corrected chi connectivity index (χ4v) is 4.42. The first-order valence-electron chi connectivity index (χ1n) is 8.93. The van der Waals surface area contributed by atoms with Gasteiger partial charge >= 0.3 is 0 Å². The number of hydrogen-bond donors (Lipinski definition) is 0. The maximum Gasteiger partial charge on any atom is 0.246 e. The van der Waals surface area contributed by atoms with E-state index in [1.165, 1.54) is 4.31 Å². The minimum atomic E-state index is -3.66. The second kappa shape index (κ2) is 6.71. The number of aryl methyl sites for hydroxylation is 1. The molecule has 3 heterocycles. The highest BCUT2D eigenvalue weighted by Crippen LogP contribution is 2.38. The predicted octanol–water partition coefficient (Wildman–Crippen LogP) is 0.638. The van der Waals surface area contributed by atoms with Gasteiger partial charge in [-0.1, -0.05) is 5.16 Å². The molecule has 4 rings (SSSR count). The van der Waals surface area contributed by atoms with Gasteiger partial charge in [-0.25, -0.2) is 8.42 Å². The lowest BCUT2D eigenvalue weighted by Crippen LogP contribution is -2.54. The van der Waals surface area contributed by atoms with E-state index in [4.69, 9.17) is 4.52 Å². The second-order valence-electron chi connectivity index (χ2n) is 7.09. The molecule has 1 saturated heterocycles. The van der Waals surface area contributed by atoms with Gasteiger partial charge in [-0.05, 0) is 25.7 Å². The molecular formula is C16H22N6O4S. The summed E-state index contributed by atoms with van der Waals surface area (Å²) in [4.78, 5) is 19.0. The average molecular weight is 394 g/mol. The van der Waals surface area contributed by atoms with Gasteiger partial charge < -0.3 is 4.52 Å². The number of aromatic nitrogens is 4. The number of carbonyl (C=O) groups excluding carboxylic acids is 1. The monoisotopic (exact) mass is 394 g/mol. The third-order valence-corrected chi connectivity index (χ3v) is 6.21. The van der Waals surface area contributed by atoms with Crippen LogP contribution in [-0.4, -0.2) is 57.4 Å². The van der Waals surface area contributed by atoms with Gasteiger partial charge in [-0.15, -0.1) is 0 Å². The van der Waals surface area contributed by atoms with E-state index in [9.17, 15) is 13.2 Å². The highest BCUT2D eigenvalue weighted by atomic mass is 32.2. The number of anilines is 1. The van der Waals surface area contributed by atoms with Crippen LogP contribution < -0.4 is 4.90 Å². The Morgan fingerprint density at radius 2 is 2.11 bits per heavy atom. The Morgan fingerprint density at radius 1 is 1.33 bits per heavy atom. The van der Waals surface area contributed by atoms with Gasteiger partial charge in [-0.2, -0.15) is 14.4 Å². The molecule has 2 fully saturated rings.